The summed E-state index contributed by atoms with van der Waals surface area (Å²) in [6.07, 6.45) is -0.770. The molecule has 2 bridgehead atoms. The molecule has 7 nitrogen and oxygen atoms in total. The fraction of sp³-hybridized carbons (Fsp3) is 0.474. The van der Waals surface area contributed by atoms with Gasteiger partial charge in [-0.05, 0) is 32.4 Å². The SMILES string of the molecule is CC(C)(N)C(F)(F)Oc1ccc(-c2nccs2)c2oc(N3CC4CC(C3)N4)nc12. The number of piperazine rings is 1. The van der Waals surface area contributed by atoms with Crippen LogP contribution in [0, 0.1) is 0 Å². The van der Waals surface area contributed by atoms with E-state index in [0.717, 1.165) is 24.5 Å². The average Bonchev–Trinajstić information content (AvgIpc) is 3.30. The number of piperidine rings is 1. The Hall–Kier alpha value is -2.30. The van der Waals surface area contributed by atoms with Crippen LogP contribution in [0.4, 0.5) is 14.8 Å². The van der Waals surface area contributed by atoms with E-state index in [1.54, 1.807) is 12.3 Å². The van der Waals surface area contributed by atoms with Gasteiger partial charge in [0.15, 0.2) is 16.8 Å². The number of nitrogens with two attached hydrogens (primary N) is 1. The van der Waals surface area contributed by atoms with Gasteiger partial charge in [-0.25, -0.2) is 4.98 Å². The molecule has 0 radical (unpaired) electrons. The van der Waals surface area contributed by atoms with Gasteiger partial charge in [0, 0.05) is 36.8 Å². The minimum atomic E-state index is -3.58. The van der Waals surface area contributed by atoms with Crippen LogP contribution in [0.15, 0.2) is 28.1 Å². The van der Waals surface area contributed by atoms with Crippen LogP contribution >= 0.6 is 11.3 Å². The number of nitrogens with zero attached hydrogens (tertiary/aromatic N) is 3. The Morgan fingerprint density at radius 2 is 2.03 bits per heavy atom. The van der Waals surface area contributed by atoms with Crippen LogP contribution in [0.3, 0.4) is 0 Å². The molecule has 0 saturated carbocycles. The number of anilines is 1. The number of rotatable bonds is 5. The van der Waals surface area contributed by atoms with Crippen LogP contribution < -0.4 is 20.7 Å². The van der Waals surface area contributed by atoms with Gasteiger partial charge in [-0.15, -0.1) is 11.3 Å². The van der Waals surface area contributed by atoms with Crippen molar-refractivity contribution in [1.29, 1.82) is 0 Å². The quantitative estimate of drug-likeness (QED) is 0.654. The van der Waals surface area contributed by atoms with E-state index >= 15 is 0 Å². The normalized spacial score (nSPS) is 22.0. The summed E-state index contributed by atoms with van der Waals surface area (Å²) in [5, 5.41) is 6.01. The highest BCUT2D eigenvalue weighted by molar-refractivity contribution is 7.13. The van der Waals surface area contributed by atoms with Crippen LogP contribution in [0.5, 0.6) is 5.75 Å². The van der Waals surface area contributed by atoms with Crippen molar-refractivity contribution < 1.29 is 17.9 Å². The molecule has 6 rings (SSSR count). The smallest absolute Gasteiger partial charge is 0.415 e. The minimum absolute atomic E-state index is 0.0703. The molecule has 3 aliphatic rings. The van der Waals surface area contributed by atoms with Gasteiger partial charge in [0.05, 0.1) is 5.56 Å². The van der Waals surface area contributed by atoms with Crippen LogP contribution in [-0.2, 0) is 0 Å². The molecule has 3 N–H and O–H groups in total. The van der Waals surface area contributed by atoms with Gasteiger partial charge in [0.1, 0.15) is 10.5 Å². The first-order valence-corrected chi connectivity index (χ1v) is 10.3. The van der Waals surface area contributed by atoms with Crippen molar-refractivity contribution in [3.05, 3.63) is 23.7 Å². The standard InChI is InChI=1S/C19H21F2N5O2S/c1-18(2,22)19(20,21)28-13-4-3-12(16-23-5-6-29-16)15-14(13)25-17(27-15)26-8-10-7-11(9-26)24-10/h3-6,10-11,24H,7-9,22H2,1-2H3. The Bertz CT molecular complexity index is 1030. The summed E-state index contributed by atoms with van der Waals surface area (Å²) in [5.74, 6) is -0.0703. The lowest BCUT2D eigenvalue weighted by atomic mass is 9.92. The van der Waals surface area contributed by atoms with Crippen LogP contribution in [-0.4, -0.2) is 46.8 Å². The van der Waals surface area contributed by atoms with Crippen molar-refractivity contribution in [2.75, 3.05) is 18.0 Å². The lowest BCUT2D eigenvalue weighted by Crippen LogP contribution is -2.67. The van der Waals surface area contributed by atoms with Gasteiger partial charge in [-0.3, -0.25) is 0 Å². The number of fused-ring (bicyclic) bond motifs is 3. The predicted octanol–water partition coefficient (Wildman–Crippen LogP) is 3.21. The van der Waals surface area contributed by atoms with E-state index in [9.17, 15) is 8.78 Å². The molecular weight excluding hydrogens is 400 g/mol. The van der Waals surface area contributed by atoms with Crippen molar-refractivity contribution in [2.45, 2.75) is 44.0 Å². The van der Waals surface area contributed by atoms with Crippen molar-refractivity contribution in [3.8, 4) is 16.3 Å². The second-order valence-electron chi connectivity index (χ2n) is 8.16. The van der Waals surface area contributed by atoms with Crippen molar-refractivity contribution in [3.63, 3.8) is 0 Å². The first-order valence-electron chi connectivity index (χ1n) is 9.41. The number of alkyl halides is 2. The van der Waals surface area contributed by atoms with E-state index in [-0.39, 0.29) is 11.3 Å². The highest BCUT2D eigenvalue weighted by Gasteiger charge is 2.47. The molecule has 3 aromatic rings. The molecule has 154 valence electrons. The van der Waals surface area contributed by atoms with Crippen LogP contribution in [0.2, 0.25) is 0 Å². The first-order chi connectivity index (χ1) is 13.7. The molecule has 3 saturated heterocycles. The van der Waals surface area contributed by atoms with Gasteiger partial charge in [-0.1, -0.05) is 0 Å². The number of aromatic nitrogens is 2. The van der Waals surface area contributed by atoms with Crippen LogP contribution in [0.1, 0.15) is 20.3 Å². The van der Waals surface area contributed by atoms with E-state index in [1.807, 2.05) is 10.3 Å². The fourth-order valence-corrected chi connectivity index (χ4v) is 4.31. The summed E-state index contributed by atoms with van der Waals surface area (Å²) in [4.78, 5) is 10.9. The number of benzene rings is 1. The van der Waals surface area contributed by atoms with Crippen LogP contribution in [0.25, 0.3) is 21.7 Å². The first kappa shape index (κ1) is 18.7. The number of hydrogen-bond donors (Lipinski definition) is 2. The molecule has 3 fully saturated rings. The fourth-order valence-electron chi connectivity index (χ4n) is 3.65. The largest absolute Gasteiger partial charge is 0.429 e. The van der Waals surface area contributed by atoms with Gasteiger partial charge in [0.2, 0.25) is 0 Å². The van der Waals surface area contributed by atoms with Crippen molar-refractivity contribution in [2.24, 2.45) is 5.73 Å². The zero-order valence-electron chi connectivity index (χ0n) is 16.0. The maximum absolute atomic E-state index is 14.5. The zero-order valence-corrected chi connectivity index (χ0v) is 16.8. The average molecular weight is 421 g/mol. The number of hydrogen-bond acceptors (Lipinski definition) is 8. The molecule has 10 heteroatoms. The lowest BCUT2D eigenvalue weighted by molar-refractivity contribution is -0.215. The van der Waals surface area contributed by atoms with Gasteiger partial charge >= 0.3 is 6.11 Å². The number of nitrogens with one attached hydrogen (secondary N) is 1. The van der Waals surface area contributed by atoms with Gasteiger partial charge < -0.3 is 25.1 Å². The molecular formula is C19H21F2N5O2S. The summed E-state index contributed by atoms with van der Waals surface area (Å²) in [7, 11) is 0. The lowest BCUT2D eigenvalue weighted by Gasteiger charge is -2.47. The van der Waals surface area contributed by atoms with E-state index in [4.69, 9.17) is 14.9 Å². The second kappa shape index (κ2) is 6.35. The van der Waals surface area contributed by atoms with Gasteiger partial charge in [0.25, 0.3) is 6.01 Å². The molecule has 2 aromatic heterocycles. The Balaban J connectivity index is 1.60. The molecule has 1 aromatic carbocycles. The van der Waals surface area contributed by atoms with Gasteiger partial charge in [-0.2, -0.15) is 13.8 Å². The van der Waals surface area contributed by atoms with Crippen molar-refractivity contribution >= 4 is 28.5 Å². The second-order valence-corrected chi connectivity index (χ2v) is 9.06. The molecule has 0 spiro atoms. The highest BCUT2D eigenvalue weighted by Crippen LogP contribution is 2.41. The summed E-state index contributed by atoms with van der Waals surface area (Å²) in [6.45, 7) is 3.96. The molecule has 2 atom stereocenters. The number of halogens is 2. The third-order valence-electron chi connectivity index (χ3n) is 5.34. The van der Waals surface area contributed by atoms with E-state index < -0.39 is 11.6 Å². The highest BCUT2D eigenvalue weighted by atomic mass is 32.1. The monoisotopic (exact) mass is 421 g/mol. The summed E-state index contributed by atoms with van der Waals surface area (Å²) in [6, 6.07) is 4.35. The third-order valence-corrected chi connectivity index (χ3v) is 6.15. The Morgan fingerprint density at radius 1 is 1.31 bits per heavy atom. The Labute approximate surface area is 169 Å². The Kier molecular flexibility index (Phi) is 4.10. The van der Waals surface area contributed by atoms with Crippen molar-refractivity contribution in [1.82, 2.24) is 15.3 Å². The molecule has 5 heterocycles. The predicted molar refractivity (Wildman–Crippen MR) is 107 cm³/mol. The van der Waals surface area contributed by atoms with E-state index in [0.29, 0.717) is 29.2 Å². The summed E-state index contributed by atoms with van der Waals surface area (Å²) < 4.78 is 40.1. The molecule has 29 heavy (non-hydrogen) atoms. The number of oxazole rings is 1. The molecule has 0 amide bonds. The van der Waals surface area contributed by atoms with E-state index in [1.165, 1.54) is 31.3 Å². The minimum Gasteiger partial charge on any atom is -0.429 e. The summed E-state index contributed by atoms with van der Waals surface area (Å²) in [5.41, 5.74) is 5.06. The zero-order chi connectivity index (χ0) is 20.4. The number of ether oxygens (including phenoxy) is 1. The Morgan fingerprint density at radius 3 is 2.66 bits per heavy atom. The topological polar surface area (TPSA) is 89.4 Å². The molecule has 2 unspecified atom stereocenters. The maximum atomic E-state index is 14.5. The summed E-state index contributed by atoms with van der Waals surface area (Å²) >= 11 is 1.43. The number of thiazole rings is 1. The molecule has 0 aliphatic carbocycles. The molecule has 3 aliphatic heterocycles. The third kappa shape index (κ3) is 3.15. The van der Waals surface area contributed by atoms with E-state index in [2.05, 4.69) is 15.3 Å². The maximum Gasteiger partial charge on any atom is 0.415 e.